The smallest absolute Gasteiger partial charge is 0.302 e. The van der Waals surface area contributed by atoms with Gasteiger partial charge < -0.3 is 10.1 Å². The molecule has 1 aromatic carbocycles. The van der Waals surface area contributed by atoms with Gasteiger partial charge in [-0.25, -0.2) is 4.98 Å². The number of carbonyl (C=O) groups excluding carboxylic acids is 3. The van der Waals surface area contributed by atoms with Crippen molar-refractivity contribution in [2.45, 2.75) is 40.2 Å². The van der Waals surface area contributed by atoms with Crippen molar-refractivity contribution in [3.8, 4) is 0 Å². The predicted octanol–water partition coefficient (Wildman–Crippen LogP) is 4.36. The fourth-order valence-corrected chi connectivity index (χ4v) is 3.76. The lowest BCUT2D eigenvalue weighted by molar-refractivity contribution is -0.142. The van der Waals surface area contributed by atoms with Gasteiger partial charge in [0.25, 0.3) is 0 Å². The highest BCUT2D eigenvalue weighted by Gasteiger charge is 2.27. The van der Waals surface area contributed by atoms with Gasteiger partial charge in [-0.3, -0.25) is 14.4 Å². The number of hydrogen-bond donors (Lipinski definition) is 1. The molecule has 1 heterocycles. The lowest BCUT2D eigenvalue weighted by atomic mass is 9.95. The topological polar surface area (TPSA) is 85.4 Å². The molecule has 0 radical (unpaired) electrons. The summed E-state index contributed by atoms with van der Waals surface area (Å²) in [4.78, 5) is 40.6. The lowest BCUT2D eigenvalue weighted by Crippen LogP contribution is -2.23. The minimum absolute atomic E-state index is 0.00419. The Labute approximate surface area is 177 Å². The molecule has 1 aliphatic rings. The molecule has 3 rings (SSSR count). The molecule has 152 valence electrons. The molecule has 0 bridgehead atoms. The molecular weight excluding hydrogens is 436 g/mol. The summed E-state index contributed by atoms with van der Waals surface area (Å²) in [7, 11) is 0. The zero-order valence-corrected chi connectivity index (χ0v) is 18.3. The van der Waals surface area contributed by atoms with E-state index in [0.717, 1.165) is 20.9 Å². The van der Waals surface area contributed by atoms with Gasteiger partial charge in [0.05, 0.1) is 5.52 Å². The van der Waals surface area contributed by atoms with Crippen LogP contribution in [0.5, 0.6) is 0 Å². The molecule has 0 fully saturated rings. The summed E-state index contributed by atoms with van der Waals surface area (Å²) in [6.45, 7) is 5.33. The number of aromatic nitrogens is 1. The average Bonchev–Trinajstić information content (AvgIpc) is 2.77. The van der Waals surface area contributed by atoms with Crippen LogP contribution in [0.15, 0.2) is 39.9 Å². The number of rotatable bonds is 5. The molecule has 2 aromatic rings. The van der Waals surface area contributed by atoms with E-state index in [9.17, 15) is 14.4 Å². The summed E-state index contributed by atoms with van der Waals surface area (Å²) in [5.74, 6) is 0.000888. The van der Waals surface area contributed by atoms with Crippen molar-refractivity contribution < 1.29 is 19.1 Å². The Bertz CT molecular complexity index is 1030. The lowest BCUT2D eigenvalue weighted by Gasteiger charge is -2.16. The van der Waals surface area contributed by atoms with Crippen LogP contribution in [-0.2, 0) is 25.7 Å². The standard InChI is InChI=1S/C22H23BrN2O4/c1-12-13(2)22(28)15(4-7-20(12)27)10-24-21-8-16(11-29-14(3)26)18-6-5-17(23)9-19(18)25-21/h5-6,8-9,15H,4,7,10-11H2,1-3H3,(H,24,25). The van der Waals surface area contributed by atoms with Crippen molar-refractivity contribution in [1.82, 2.24) is 4.98 Å². The van der Waals surface area contributed by atoms with Crippen LogP contribution in [0.25, 0.3) is 10.9 Å². The van der Waals surface area contributed by atoms with E-state index in [1.807, 2.05) is 24.3 Å². The number of nitrogens with zero attached hydrogens (tertiary/aromatic N) is 1. The van der Waals surface area contributed by atoms with Crippen molar-refractivity contribution in [1.29, 1.82) is 0 Å². The van der Waals surface area contributed by atoms with E-state index in [-0.39, 0.29) is 30.1 Å². The number of allylic oxidation sites excluding steroid dienone is 2. The van der Waals surface area contributed by atoms with Crippen LogP contribution in [0.1, 0.15) is 39.2 Å². The highest BCUT2D eigenvalue weighted by molar-refractivity contribution is 9.10. The third-order valence-electron chi connectivity index (χ3n) is 5.26. The van der Waals surface area contributed by atoms with Crippen molar-refractivity contribution in [3.05, 3.63) is 45.4 Å². The first-order valence-corrected chi connectivity index (χ1v) is 10.3. The van der Waals surface area contributed by atoms with Crippen LogP contribution in [0.3, 0.4) is 0 Å². The first-order chi connectivity index (χ1) is 13.8. The Balaban J connectivity index is 1.85. The summed E-state index contributed by atoms with van der Waals surface area (Å²) in [5, 5.41) is 4.13. The molecule has 0 saturated heterocycles. The van der Waals surface area contributed by atoms with Crippen LogP contribution < -0.4 is 5.32 Å². The third-order valence-corrected chi connectivity index (χ3v) is 5.75. The van der Waals surface area contributed by atoms with Crippen molar-refractivity contribution in [2.75, 3.05) is 11.9 Å². The number of pyridine rings is 1. The van der Waals surface area contributed by atoms with Crippen LogP contribution in [-0.4, -0.2) is 29.1 Å². The molecule has 0 spiro atoms. The highest BCUT2D eigenvalue weighted by Crippen LogP contribution is 2.27. The maximum Gasteiger partial charge on any atom is 0.302 e. The molecular formula is C22H23BrN2O4. The van der Waals surface area contributed by atoms with Gasteiger partial charge in [-0.15, -0.1) is 0 Å². The Morgan fingerprint density at radius 2 is 2.00 bits per heavy atom. The number of ether oxygens (including phenoxy) is 1. The first kappa shape index (κ1) is 21.2. The number of benzene rings is 1. The number of fused-ring (bicyclic) bond motifs is 1. The number of anilines is 1. The molecule has 6 nitrogen and oxygen atoms in total. The highest BCUT2D eigenvalue weighted by atomic mass is 79.9. The molecule has 7 heteroatoms. The fraction of sp³-hybridized carbons (Fsp3) is 0.364. The third kappa shape index (κ3) is 4.90. The molecule has 1 N–H and O–H groups in total. The summed E-state index contributed by atoms with van der Waals surface area (Å²) in [5.41, 5.74) is 2.69. The SMILES string of the molecule is CC(=O)OCc1cc(NCC2CCC(=O)C(C)=C(C)C2=O)nc2cc(Br)ccc12. The van der Waals surface area contributed by atoms with E-state index in [1.54, 1.807) is 13.8 Å². The van der Waals surface area contributed by atoms with Gasteiger partial charge in [-0.2, -0.15) is 0 Å². The summed E-state index contributed by atoms with van der Waals surface area (Å²) in [6, 6.07) is 7.56. The maximum absolute atomic E-state index is 12.7. The molecule has 1 atom stereocenters. The number of ketones is 2. The molecule has 0 aliphatic heterocycles. The molecule has 1 aliphatic carbocycles. The van der Waals surface area contributed by atoms with E-state index in [4.69, 9.17) is 4.74 Å². The zero-order chi connectivity index (χ0) is 21.1. The molecule has 0 saturated carbocycles. The Hall–Kier alpha value is -2.54. The van der Waals surface area contributed by atoms with Crippen LogP contribution in [0.4, 0.5) is 5.82 Å². The maximum atomic E-state index is 12.7. The molecule has 1 unspecified atom stereocenters. The van der Waals surface area contributed by atoms with Gasteiger partial charge in [0, 0.05) is 41.2 Å². The van der Waals surface area contributed by atoms with Crippen LogP contribution in [0.2, 0.25) is 0 Å². The van der Waals surface area contributed by atoms with E-state index in [0.29, 0.717) is 36.4 Å². The number of Topliss-reactive ketones (excluding diaryl/α,β-unsaturated/α-hetero) is 2. The van der Waals surface area contributed by atoms with E-state index in [2.05, 4.69) is 26.2 Å². The molecule has 29 heavy (non-hydrogen) atoms. The summed E-state index contributed by atoms with van der Waals surface area (Å²) in [6.07, 6.45) is 0.885. The van der Waals surface area contributed by atoms with Gasteiger partial charge >= 0.3 is 5.97 Å². The summed E-state index contributed by atoms with van der Waals surface area (Å²) < 4.78 is 6.07. The average molecular weight is 459 g/mol. The quantitative estimate of drug-likeness (QED) is 0.669. The second-order valence-corrected chi connectivity index (χ2v) is 8.18. The number of esters is 1. The first-order valence-electron chi connectivity index (χ1n) is 9.47. The van der Waals surface area contributed by atoms with E-state index < -0.39 is 0 Å². The Morgan fingerprint density at radius 1 is 1.24 bits per heavy atom. The second-order valence-electron chi connectivity index (χ2n) is 7.26. The second kappa shape index (κ2) is 8.86. The zero-order valence-electron chi connectivity index (χ0n) is 16.7. The monoisotopic (exact) mass is 458 g/mol. The molecule has 0 amide bonds. The Kier molecular flexibility index (Phi) is 6.47. The van der Waals surface area contributed by atoms with Crippen LogP contribution in [0, 0.1) is 5.92 Å². The number of hydrogen-bond acceptors (Lipinski definition) is 6. The predicted molar refractivity (Wildman–Crippen MR) is 115 cm³/mol. The van der Waals surface area contributed by atoms with Gasteiger partial charge in [0.2, 0.25) is 0 Å². The van der Waals surface area contributed by atoms with Crippen molar-refractivity contribution in [2.24, 2.45) is 5.92 Å². The number of carbonyl (C=O) groups is 3. The van der Waals surface area contributed by atoms with Crippen molar-refractivity contribution in [3.63, 3.8) is 0 Å². The van der Waals surface area contributed by atoms with Gasteiger partial charge in [-0.1, -0.05) is 22.0 Å². The Morgan fingerprint density at radius 3 is 2.72 bits per heavy atom. The van der Waals surface area contributed by atoms with E-state index >= 15 is 0 Å². The normalized spacial score (nSPS) is 17.4. The number of halogens is 1. The van der Waals surface area contributed by atoms with Gasteiger partial charge in [-0.05, 0) is 49.6 Å². The van der Waals surface area contributed by atoms with Crippen molar-refractivity contribution >= 4 is 50.2 Å². The fourth-order valence-electron chi connectivity index (χ4n) is 3.41. The minimum atomic E-state index is -0.354. The van der Waals surface area contributed by atoms with Gasteiger partial charge in [0.1, 0.15) is 12.4 Å². The summed E-state index contributed by atoms with van der Waals surface area (Å²) >= 11 is 3.45. The van der Waals surface area contributed by atoms with Crippen LogP contribution >= 0.6 is 15.9 Å². The largest absolute Gasteiger partial charge is 0.461 e. The minimum Gasteiger partial charge on any atom is -0.461 e. The van der Waals surface area contributed by atoms with E-state index in [1.165, 1.54) is 6.92 Å². The number of nitrogens with one attached hydrogen (secondary N) is 1. The van der Waals surface area contributed by atoms with Gasteiger partial charge in [0.15, 0.2) is 11.6 Å². The molecule has 1 aromatic heterocycles.